The van der Waals surface area contributed by atoms with Crippen molar-refractivity contribution in [3.8, 4) is 17.0 Å². The summed E-state index contributed by atoms with van der Waals surface area (Å²) in [6.45, 7) is 0.0774. The molecule has 124 valence electrons. The van der Waals surface area contributed by atoms with Gasteiger partial charge in [-0.15, -0.1) is 0 Å². The Hall–Kier alpha value is -3.13. The molecule has 0 amide bonds. The van der Waals surface area contributed by atoms with Crippen molar-refractivity contribution in [2.24, 2.45) is 0 Å². The first-order valence-corrected chi connectivity index (χ1v) is 7.13. The maximum Gasteiger partial charge on any atom is 0.341 e. The molecule has 0 fully saturated rings. The number of aromatic nitrogens is 3. The van der Waals surface area contributed by atoms with Gasteiger partial charge < -0.3 is 19.5 Å². The second kappa shape index (κ2) is 6.17. The summed E-state index contributed by atoms with van der Waals surface area (Å²) in [5, 5.41) is 25.9. The Bertz CT molecular complexity index is 914. The zero-order valence-electron chi connectivity index (χ0n) is 12.8. The maximum absolute atomic E-state index is 11.9. The average molecular weight is 329 g/mol. The summed E-state index contributed by atoms with van der Waals surface area (Å²) in [5.74, 6) is -0.591. The zero-order valence-corrected chi connectivity index (χ0v) is 12.8. The second-order valence-corrected chi connectivity index (χ2v) is 5.29. The molecule has 1 aromatic rings. The number of carbonyl (C=O) groups excluding carboxylic acids is 1. The number of hydrogen-bond donors (Lipinski definition) is 3. The van der Waals surface area contributed by atoms with Crippen molar-refractivity contribution in [1.82, 2.24) is 14.8 Å². The highest BCUT2D eigenvalue weighted by molar-refractivity contribution is 5.95. The Kier molecular flexibility index (Phi) is 4.05. The van der Waals surface area contributed by atoms with Gasteiger partial charge in [-0.05, 0) is 17.7 Å². The Morgan fingerprint density at radius 3 is 2.92 bits per heavy atom. The monoisotopic (exact) mass is 329 g/mol. The van der Waals surface area contributed by atoms with Crippen LogP contribution in [0.4, 0.5) is 0 Å². The Morgan fingerprint density at radius 2 is 2.21 bits per heavy atom. The van der Waals surface area contributed by atoms with Crippen molar-refractivity contribution in [2.75, 3.05) is 7.11 Å². The highest BCUT2D eigenvalue weighted by Gasteiger charge is 2.22. The van der Waals surface area contributed by atoms with Gasteiger partial charge >= 0.3 is 5.97 Å². The molecule has 2 aliphatic heterocycles. The van der Waals surface area contributed by atoms with E-state index in [4.69, 9.17) is 4.74 Å². The lowest BCUT2D eigenvalue weighted by molar-refractivity contribution is 0.0599. The summed E-state index contributed by atoms with van der Waals surface area (Å²) < 4.78 is 6.22. The molecule has 8 nitrogen and oxygen atoms in total. The number of H-pyrrole nitrogens is 1. The van der Waals surface area contributed by atoms with Gasteiger partial charge in [0, 0.05) is 12.4 Å². The van der Waals surface area contributed by atoms with Gasteiger partial charge in [-0.1, -0.05) is 12.1 Å². The number of benzene rings is 1. The van der Waals surface area contributed by atoms with E-state index in [1.165, 1.54) is 36.2 Å². The molecule has 0 saturated carbocycles. The molecule has 0 bridgehead atoms. The third-order valence-corrected chi connectivity index (χ3v) is 3.66. The Labute approximate surface area is 136 Å². The molecule has 0 radical (unpaired) electrons. The van der Waals surface area contributed by atoms with Crippen LogP contribution in [0.25, 0.3) is 11.3 Å². The first-order valence-electron chi connectivity index (χ1n) is 7.13. The number of esters is 1. The van der Waals surface area contributed by atoms with Gasteiger partial charge in [-0.25, -0.2) is 9.89 Å². The lowest BCUT2D eigenvalue weighted by Gasteiger charge is -2.16. The molecule has 2 heterocycles. The van der Waals surface area contributed by atoms with Crippen LogP contribution in [0, 0.1) is 0 Å². The summed E-state index contributed by atoms with van der Waals surface area (Å²) in [4.78, 5) is 23.7. The number of nitrogens with one attached hydrogen (secondary N) is 1. The van der Waals surface area contributed by atoms with Crippen LogP contribution < -0.4 is 5.56 Å². The lowest BCUT2D eigenvalue weighted by Crippen LogP contribution is -2.15. The number of aromatic hydroxyl groups is 1. The number of aliphatic hydroxyl groups excluding tert-OH is 1. The number of aromatic amines is 1. The molecule has 0 saturated heterocycles. The number of phenolic OH excluding ortho intramolecular Hbond substituents is 1. The lowest BCUT2D eigenvalue weighted by atomic mass is 10.1. The summed E-state index contributed by atoms with van der Waals surface area (Å²) in [5.41, 5.74) is 0.639. The molecule has 0 spiro atoms. The van der Waals surface area contributed by atoms with Crippen molar-refractivity contribution in [1.29, 1.82) is 0 Å². The Balaban J connectivity index is 2.00. The molecule has 0 aromatic heterocycles. The summed E-state index contributed by atoms with van der Waals surface area (Å²) in [6, 6.07) is 6.23. The maximum atomic E-state index is 11.9. The quantitative estimate of drug-likeness (QED) is 0.612. The van der Waals surface area contributed by atoms with Crippen LogP contribution in [-0.4, -0.2) is 38.1 Å². The molecule has 0 aliphatic carbocycles. The van der Waals surface area contributed by atoms with Crippen LogP contribution in [0.1, 0.15) is 22.0 Å². The number of phenols is 1. The van der Waals surface area contributed by atoms with Crippen molar-refractivity contribution < 1.29 is 19.7 Å². The van der Waals surface area contributed by atoms with Gasteiger partial charge in [-0.3, -0.25) is 4.79 Å². The van der Waals surface area contributed by atoms with Crippen LogP contribution in [0.3, 0.4) is 0 Å². The van der Waals surface area contributed by atoms with Crippen LogP contribution in [0.5, 0.6) is 5.75 Å². The molecular weight excluding hydrogens is 314 g/mol. The second-order valence-electron chi connectivity index (χ2n) is 5.29. The van der Waals surface area contributed by atoms with Crippen molar-refractivity contribution in [3.05, 3.63) is 58.1 Å². The predicted molar refractivity (Wildman–Crippen MR) is 83.9 cm³/mol. The largest absolute Gasteiger partial charge is 0.508 e. The van der Waals surface area contributed by atoms with E-state index in [9.17, 15) is 19.8 Å². The third-order valence-electron chi connectivity index (χ3n) is 3.66. The Morgan fingerprint density at radius 1 is 1.42 bits per heavy atom. The number of ether oxygens (including phenoxy) is 1. The topological polar surface area (TPSA) is 117 Å². The van der Waals surface area contributed by atoms with Gasteiger partial charge in [0.2, 0.25) is 0 Å². The fourth-order valence-electron chi connectivity index (χ4n) is 2.49. The van der Waals surface area contributed by atoms with Crippen LogP contribution in [0.15, 0.2) is 41.5 Å². The minimum absolute atomic E-state index is 0.0407. The normalized spacial score (nSPS) is 12.2. The molecular formula is C16H15N3O5. The van der Waals surface area contributed by atoms with Gasteiger partial charge in [-0.2, -0.15) is 5.10 Å². The van der Waals surface area contributed by atoms with Gasteiger partial charge in [0.15, 0.2) is 0 Å². The molecule has 1 unspecified atom stereocenters. The fraction of sp³-hybridized carbons (Fsp3) is 0.188. The minimum atomic E-state index is -0.938. The van der Waals surface area contributed by atoms with E-state index >= 15 is 0 Å². The number of aliphatic hydroxyl groups is 1. The molecule has 8 heteroatoms. The van der Waals surface area contributed by atoms with Crippen molar-refractivity contribution in [3.63, 3.8) is 0 Å². The van der Waals surface area contributed by atoms with Crippen LogP contribution in [0.2, 0.25) is 0 Å². The van der Waals surface area contributed by atoms with E-state index in [0.29, 0.717) is 5.56 Å². The summed E-state index contributed by atoms with van der Waals surface area (Å²) >= 11 is 0. The fourth-order valence-corrected chi connectivity index (χ4v) is 2.49. The number of nitrogens with zero attached hydrogens (tertiary/aromatic N) is 2. The molecule has 3 rings (SSSR count). The third kappa shape index (κ3) is 2.86. The van der Waals surface area contributed by atoms with E-state index < -0.39 is 17.6 Å². The van der Waals surface area contributed by atoms with Crippen molar-refractivity contribution >= 4 is 5.97 Å². The number of pyridine rings is 1. The average Bonchev–Trinajstić information content (AvgIpc) is 2.94. The van der Waals surface area contributed by atoms with E-state index in [0.717, 1.165) is 0 Å². The van der Waals surface area contributed by atoms with E-state index in [-0.39, 0.29) is 29.1 Å². The number of rotatable bonds is 4. The highest BCUT2D eigenvalue weighted by Crippen LogP contribution is 2.24. The standard InChI is InChI=1S/C16H15N3O5/c1-24-16(23)12-7-19(6-11-14(12)17-18-15(11)22)8-13(21)9-3-2-4-10(20)5-9/h2-7,13,20-21H,8H2,1H3,(H,18,22). The SMILES string of the molecule is COC(=O)c1cn(CC(O)c2cccc(O)c2)cc2c(=O)[nH]nc1-2. The molecule has 3 N–H and O–H groups in total. The van der Waals surface area contributed by atoms with Crippen LogP contribution in [-0.2, 0) is 11.3 Å². The minimum Gasteiger partial charge on any atom is -0.508 e. The zero-order chi connectivity index (χ0) is 17.3. The summed E-state index contributed by atoms with van der Waals surface area (Å²) in [6.07, 6.45) is 2.02. The number of hydrogen-bond acceptors (Lipinski definition) is 6. The highest BCUT2D eigenvalue weighted by atomic mass is 16.5. The van der Waals surface area contributed by atoms with Crippen LogP contribution >= 0.6 is 0 Å². The van der Waals surface area contributed by atoms with Crippen molar-refractivity contribution in [2.45, 2.75) is 12.6 Å². The molecule has 2 aliphatic rings. The molecule has 24 heavy (non-hydrogen) atoms. The predicted octanol–water partition coefficient (Wildman–Crippen LogP) is 0.902. The first-order chi connectivity index (χ1) is 11.5. The van der Waals surface area contributed by atoms with Gasteiger partial charge in [0.1, 0.15) is 17.0 Å². The van der Waals surface area contributed by atoms with E-state index in [1.807, 2.05) is 0 Å². The molecule has 1 aromatic carbocycles. The number of fused-ring (bicyclic) bond motifs is 1. The van der Waals surface area contributed by atoms with Gasteiger partial charge in [0.25, 0.3) is 5.56 Å². The number of carbonyl (C=O) groups is 1. The van der Waals surface area contributed by atoms with E-state index in [2.05, 4.69) is 10.2 Å². The molecule has 1 atom stereocenters. The smallest absolute Gasteiger partial charge is 0.341 e. The van der Waals surface area contributed by atoms with Gasteiger partial charge in [0.05, 0.1) is 25.3 Å². The van der Waals surface area contributed by atoms with E-state index in [1.54, 1.807) is 12.1 Å². The first kappa shape index (κ1) is 15.8. The number of methoxy groups -OCH3 is 1. The summed E-state index contributed by atoms with van der Waals surface area (Å²) in [7, 11) is 1.23.